The molecular weight excluding hydrogens is 420 g/mol. The van der Waals surface area contributed by atoms with Crippen LogP contribution >= 0.6 is 11.3 Å². The molecule has 0 N–H and O–H groups in total. The molecule has 1 aromatic heterocycles. The van der Waals surface area contributed by atoms with E-state index in [1.54, 1.807) is 10.6 Å². The predicted octanol–water partition coefficient (Wildman–Crippen LogP) is 2.72. The first kappa shape index (κ1) is 20.9. The van der Waals surface area contributed by atoms with Crippen molar-refractivity contribution in [3.05, 3.63) is 46.8 Å². The smallest absolute Gasteiger partial charge is 0.325 e. The van der Waals surface area contributed by atoms with E-state index in [1.807, 2.05) is 37.3 Å². The zero-order chi connectivity index (χ0) is 21.8. The second kappa shape index (κ2) is 9.22. The summed E-state index contributed by atoms with van der Waals surface area (Å²) in [5.74, 6) is 1.24. The van der Waals surface area contributed by atoms with Crippen molar-refractivity contribution in [1.29, 1.82) is 0 Å². The van der Waals surface area contributed by atoms with Crippen molar-refractivity contribution >= 4 is 33.4 Å². The van der Waals surface area contributed by atoms with Crippen molar-refractivity contribution in [2.45, 2.75) is 19.9 Å². The van der Waals surface area contributed by atoms with Gasteiger partial charge >= 0.3 is 5.97 Å². The van der Waals surface area contributed by atoms with Crippen LogP contribution in [0.3, 0.4) is 0 Å². The molecule has 1 amide bonds. The summed E-state index contributed by atoms with van der Waals surface area (Å²) >= 11 is 1.31. The van der Waals surface area contributed by atoms with Crippen molar-refractivity contribution in [2.75, 3.05) is 26.9 Å². The molecule has 0 radical (unpaired) electrons. The minimum absolute atomic E-state index is 0.0642. The molecule has 0 saturated heterocycles. The fourth-order valence-corrected chi connectivity index (χ4v) is 4.29. The van der Waals surface area contributed by atoms with Crippen molar-refractivity contribution in [1.82, 2.24) is 4.57 Å². The molecule has 0 atom stereocenters. The Labute approximate surface area is 182 Å². The molecule has 2 heterocycles. The molecule has 0 saturated carbocycles. The highest BCUT2D eigenvalue weighted by Gasteiger charge is 2.18. The summed E-state index contributed by atoms with van der Waals surface area (Å²) < 4.78 is 24.0. The molecular formula is C22H22N2O6S. The van der Waals surface area contributed by atoms with Gasteiger partial charge in [-0.1, -0.05) is 23.5 Å². The number of esters is 1. The summed E-state index contributed by atoms with van der Waals surface area (Å²) in [6.07, 6.45) is 0.140. The molecule has 0 aliphatic carbocycles. The van der Waals surface area contributed by atoms with E-state index in [0.29, 0.717) is 36.1 Å². The van der Waals surface area contributed by atoms with Crippen molar-refractivity contribution in [3.63, 3.8) is 0 Å². The molecule has 2 aromatic carbocycles. The van der Waals surface area contributed by atoms with Gasteiger partial charge in [0, 0.05) is 12.1 Å². The highest BCUT2D eigenvalue weighted by Crippen LogP contribution is 2.35. The summed E-state index contributed by atoms with van der Waals surface area (Å²) in [6, 6.07) is 11.0. The Hall–Kier alpha value is -3.33. The number of amides is 1. The van der Waals surface area contributed by atoms with Crippen LogP contribution in [0, 0.1) is 0 Å². The Morgan fingerprint density at radius 1 is 1.13 bits per heavy atom. The van der Waals surface area contributed by atoms with Gasteiger partial charge in [0.25, 0.3) is 5.91 Å². The number of nitrogens with zero attached hydrogens (tertiary/aromatic N) is 2. The number of hydrogen-bond acceptors (Lipinski definition) is 7. The average Bonchev–Trinajstić information content (AvgIpc) is 3.09. The summed E-state index contributed by atoms with van der Waals surface area (Å²) in [5.41, 5.74) is 1.56. The Morgan fingerprint density at radius 2 is 1.84 bits per heavy atom. The number of fused-ring (bicyclic) bond motifs is 2. The number of carbonyl (C=O) groups excluding carboxylic acids is 2. The monoisotopic (exact) mass is 442 g/mol. The highest BCUT2D eigenvalue weighted by molar-refractivity contribution is 7.16. The van der Waals surface area contributed by atoms with E-state index in [0.717, 1.165) is 21.5 Å². The Bertz CT molecular complexity index is 1180. The van der Waals surface area contributed by atoms with Gasteiger partial charge in [-0.15, -0.1) is 0 Å². The van der Waals surface area contributed by atoms with E-state index in [-0.39, 0.29) is 18.9 Å². The van der Waals surface area contributed by atoms with Gasteiger partial charge in [-0.25, -0.2) is 0 Å². The van der Waals surface area contributed by atoms with E-state index in [4.69, 9.17) is 18.9 Å². The maximum atomic E-state index is 12.7. The lowest BCUT2D eigenvalue weighted by atomic mass is 10.1. The van der Waals surface area contributed by atoms with Crippen LogP contribution in [0.2, 0.25) is 0 Å². The second-order valence-electron chi connectivity index (χ2n) is 6.77. The largest absolute Gasteiger partial charge is 0.494 e. The van der Waals surface area contributed by atoms with Gasteiger partial charge in [0.2, 0.25) is 0 Å². The van der Waals surface area contributed by atoms with E-state index in [9.17, 15) is 9.59 Å². The van der Waals surface area contributed by atoms with Crippen molar-refractivity contribution < 1.29 is 28.5 Å². The summed E-state index contributed by atoms with van der Waals surface area (Å²) in [7, 11) is 1.32. The standard InChI is InChI=1S/C22H22N2O6S/c1-3-28-15-6-4-14(5-7-15)10-20(25)23-22-24(13-21(26)27-2)16-11-17-18(12-19(16)31-22)30-9-8-29-17/h4-7,11-12H,3,8-10,13H2,1-2H3. The lowest BCUT2D eigenvalue weighted by Crippen LogP contribution is -2.23. The third-order valence-corrected chi connectivity index (χ3v) is 5.71. The summed E-state index contributed by atoms with van der Waals surface area (Å²) in [6.45, 7) is 3.37. The topological polar surface area (TPSA) is 88.4 Å². The predicted molar refractivity (Wildman–Crippen MR) is 115 cm³/mol. The summed E-state index contributed by atoms with van der Waals surface area (Å²) in [4.78, 5) is 29.4. The zero-order valence-corrected chi connectivity index (χ0v) is 18.1. The molecule has 0 unspecified atom stereocenters. The van der Waals surface area contributed by atoms with Crippen molar-refractivity contribution in [3.8, 4) is 17.2 Å². The number of thiazole rings is 1. The molecule has 162 valence electrons. The van der Waals surface area contributed by atoms with Crippen molar-refractivity contribution in [2.24, 2.45) is 4.99 Å². The van der Waals surface area contributed by atoms with Gasteiger partial charge in [0.15, 0.2) is 16.3 Å². The van der Waals surface area contributed by atoms with Crippen LogP contribution in [0.25, 0.3) is 10.2 Å². The van der Waals surface area contributed by atoms with Crippen LogP contribution in [-0.4, -0.2) is 43.4 Å². The number of ether oxygens (including phenoxy) is 4. The van der Waals surface area contributed by atoms with Gasteiger partial charge in [-0.3, -0.25) is 9.59 Å². The van der Waals surface area contributed by atoms with Gasteiger partial charge < -0.3 is 23.5 Å². The average molecular weight is 442 g/mol. The number of benzene rings is 2. The first-order chi connectivity index (χ1) is 15.1. The zero-order valence-electron chi connectivity index (χ0n) is 17.3. The molecule has 3 aromatic rings. The minimum Gasteiger partial charge on any atom is -0.494 e. The molecule has 0 spiro atoms. The normalized spacial score (nSPS) is 13.3. The SMILES string of the molecule is CCOc1ccc(CC(=O)N=c2sc3cc4c(cc3n2CC(=O)OC)OCCO4)cc1. The number of aromatic nitrogens is 1. The molecule has 8 nitrogen and oxygen atoms in total. The summed E-state index contributed by atoms with van der Waals surface area (Å²) in [5, 5.41) is 0. The van der Waals surface area contributed by atoms with Crippen LogP contribution in [-0.2, 0) is 27.3 Å². The molecule has 1 aliphatic heterocycles. The first-order valence-electron chi connectivity index (χ1n) is 9.86. The fraction of sp³-hybridized carbons (Fsp3) is 0.318. The fourth-order valence-electron chi connectivity index (χ4n) is 3.23. The molecule has 9 heteroatoms. The second-order valence-corrected chi connectivity index (χ2v) is 7.78. The van der Waals surface area contributed by atoms with Gasteiger partial charge in [-0.05, 0) is 24.6 Å². The number of carbonyl (C=O) groups is 2. The van der Waals surface area contributed by atoms with Crippen LogP contribution in [0.15, 0.2) is 41.4 Å². The van der Waals surface area contributed by atoms with E-state index in [1.165, 1.54) is 18.4 Å². The molecule has 1 aliphatic rings. The van der Waals surface area contributed by atoms with E-state index in [2.05, 4.69) is 4.99 Å². The van der Waals surface area contributed by atoms with Crippen LogP contribution in [0.4, 0.5) is 0 Å². The van der Waals surface area contributed by atoms with Gasteiger partial charge in [0.05, 0.1) is 30.4 Å². The lowest BCUT2D eigenvalue weighted by molar-refractivity contribution is -0.141. The van der Waals surface area contributed by atoms with Crippen LogP contribution in [0.5, 0.6) is 17.2 Å². The highest BCUT2D eigenvalue weighted by atomic mass is 32.1. The number of hydrogen-bond donors (Lipinski definition) is 0. The third-order valence-electron chi connectivity index (χ3n) is 4.67. The molecule has 0 bridgehead atoms. The van der Waals surface area contributed by atoms with Crippen LogP contribution < -0.4 is 19.0 Å². The van der Waals surface area contributed by atoms with Gasteiger partial charge in [0.1, 0.15) is 25.5 Å². The Morgan fingerprint density at radius 3 is 2.52 bits per heavy atom. The number of methoxy groups -OCH3 is 1. The Kier molecular flexibility index (Phi) is 6.22. The van der Waals surface area contributed by atoms with E-state index >= 15 is 0 Å². The Balaban J connectivity index is 1.68. The van der Waals surface area contributed by atoms with E-state index < -0.39 is 5.97 Å². The number of rotatable bonds is 6. The van der Waals surface area contributed by atoms with Crippen LogP contribution in [0.1, 0.15) is 12.5 Å². The van der Waals surface area contributed by atoms with Gasteiger partial charge in [-0.2, -0.15) is 4.99 Å². The minimum atomic E-state index is -0.435. The maximum Gasteiger partial charge on any atom is 0.325 e. The molecule has 31 heavy (non-hydrogen) atoms. The lowest BCUT2D eigenvalue weighted by Gasteiger charge is -2.18. The molecule has 0 fully saturated rings. The third kappa shape index (κ3) is 4.72. The molecule has 4 rings (SSSR count). The maximum absolute atomic E-state index is 12.7. The quantitative estimate of drug-likeness (QED) is 0.546. The first-order valence-corrected chi connectivity index (χ1v) is 10.7.